The Labute approximate surface area is 190 Å². The molecular formula is C22H17F4N3O3S. The van der Waals surface area contributed by atoms with Crippen molar-refractivity contribution in [1.29, 1.82) is 0 Å². The van der Waals surface area contributed by atoms with Crippen LogP contribution in [-0.4, -0.2) is 46.9 Å². The van der Waals surface area contributed by atoms with E-state index in [1.807, 2.05) is 0 Å². The van der Waals surface area contributed by atoms with Gasteiger partial charge in [0.25, 0.3) is 11.8 Å². The Morgan fingerprint density at radius 2 is 1.85 bits per heavy atom. The summed E-state index contributed by atoms with van der Waals surface area (Å²) in [6, 6.07) is 6.31. The lowest BCUT2D eigenvalue weighted by molar-refractivity contribution is -0.100. The summed E-state index contributed by atoms with van der Waals surface area (Å²) < 4.78 is 66.2. The minimum absolute atomic E-state index is 0.0282. The molecule has 2 N–H and O–H groups in total. The van der Waals surface area contributed by atoms with Gasteiger partial charge in [0.1, 0.15) is 28.9 Å². The number of fused-ring (bicyclic) bond motifs is 1. The average molecular weight is 479 g/mol. The van der Waals surface area contributed by atoms with Crippen LogP contribution in [0.3, 0.4) is 0 Å². The number of aromatic nitrogens is 1. The Bertz CT molecular complexity index is 1250. The van der Waals surface area contributed by atoms with Crippen LogP contribution in [0.15, 0.2) is 36.5 Å². The van der Waals surface area contributed by atoms with Gasteiger partial charge >= 0.3 is 0 Å². The van der Waals surface area contributed by atoms with E-state index in [-0.39, 0.29) is 39.8 Å². The Balaban J connectivity index is 1.61. The number of likely N-dealkylation sites (tertiary alicyclic amines) is 1. The van der Waals surface area contributed by atoms with Crippen molar-refractivity contribution in [2.45, 2.75) is 12.3 Å². The van der Waals surface area contributed by atoms with Crippen LogP contribution < -0.4 is 15.2 Å². The smallest absolute Gasteiger partial charge is 0.282 e. The number of benzene rings is 2. The molecule has 4 rings (SSSR count). The summed E-state index contributed by atoms with van der Waals surface area (Å²) in [7, 11) is 1.38. The Morgan fingerprint density at radius 3 is 2.42 bits per heavy atom. The van der Waals surface area contributed by atoms with Crippen molar-refractivity contribution >= 4 is 34.0 Å². The van der Waals surface area contributed by atoms with E-state index in [0.29, 0.717) is 10.9 Å². The van der Waals surface area contributed by atoms with Gasteiger partial charge in [-0.15, -0.1) is 0 Å². The number of carbonyl (C=O) groups is 1. The number of alkyl halides is 2. The van der Waals surface area contributed by atoms with Crippen LogP contribution in [0.1, 0.15) is 15.9 Å². The van der Waals surface area contributed by atoms with Crippen LogP contribution >= 0.6 is 12.2 Å². The topological polar surface area (TPSA) is 77.7 Å². The SMILES string of the molecule is COc1cc2nccc(Oc3cc(F)c(CC(=S)N4CC(F)(F)C4)c(F)c3)c2cc1C(N)=O. The number of carbonyl (C=O) groups excluding carboxylic acids is 1. The van der Waals surface area contributed by atoms with Crippen molar-refractivity contribution in [1.82, 2.24) is 9.88 Å². The highest BCUT2D eigenvalue weighted by molar-refractivity contribution is 7.80. The Kier molecular flexibility index (Phi) is 5.83. The lowest BCUT2D eigenvalue weighted by atomic mass is 10.1. The molecule has 1 amide bonds. The molecule has 1 fully saturated rings. The van der Waals surface area contributed by atoms with Gasteiger partial charge in [0.05, 0.1) is 36.3 Å². The number of nitrogens with two attached hydrogens (primary N) is 1. The highest BCUT2D eigenvalue weighted by atomic mass is 32.1. The maximum atomic E-state index is 14.7. The summed E-state index contributed by atoms with van der Waals surface area (Å²) in [5.74, 6) is -5.20. The third kappa shape index (κ3) is 4.54. The van der Waals surface area contributed by atoms with Crippen LogP contribution in [0, 0.1) is 11.6 Å². The largest absolute Gasteiger partial charge is 0.496 e. The van der Waals surface area contributed by atoms with Crippen LogP contribution in [0.25, 0.3) is 10.9 Å². The van der Waals surface area contributed by atoms with E-state index in [2.05, 4.69) is 4.98 Å². The summed E-state index contributed by atoms with van der Waals surface area (Å²) in [5.41, 5.74) is 5.54. The summed E-state index contributed by atoms with van der Waals surface area (Å²) in [6.07, 6.45) is 1.09. The number of amides is 1. The quantitative estimate of drug-likeness (QED) is 0.421. The predicted molar refractivity (Wildman–Crippen MR) is 116 cm³/mol. The second-order valence-electron chi connectivity index (χ2n) is 7.49. The number of halogens is 4. The molecule has 1 saturated heterocycles. The number of primary amides is 1. The van der Waals surface area contributed by atoms with Gasteiger partial charge in [0.2, 0.25) is 0 Å². The molecule has 33 heavy (non-hydrogen) atoms. The van der Waals surface area contributed by atoms with Crippen molar-refractivity contribution in [2.24, 2.45) is 5.73 Å². The Hall–Kier alpha value is -3.47. The highest BCUT2D eigenvalue weighted by Gasteiger charge is 2.44. The second-order valence-corrected chi connectivity index (χ2v) is 7.96. The van der Waals surface area contributed by atoms with E-state index in [0.717, 1.165) is 12.1 Å². The third-order valence-electron chi connectivity index (χ3n) is 5.16. The minimum atomic E-state index is -2.84. The zero-order valence-electron chi connectivity index (χ0n) is 17.2. The van der Waals surface area contributed by atoms with Crippen LogP contribution in [0.5, 0.6) is 17.2 Å². The molecular weight excluding hydrogens is 462 g/mol. The first kappa shape index (κ1) is 22.7. The maximum Gasteiger partial charge on any atom is 0.282 e. The van der Waals surface area contributed by atoms with Gasteiger partial charge in [-0.3, -0.25) is 9.78 Å². The zero-order valence-corrected chi connectivity index (χ0v) is 18.0. The summed E-state index contributed by atoms with van der Waals surface area (Å²) in [5, 5.41) is 0.372. The number of ether oxygens (including phenoxy) is 2. The summed E-state index contributed by atoms with van der Waals surface area (Å²) in [4.78, 5) is 17.2. The van der Waals surface area contributed by atoms with Crippen molar-refractivity contribution in [3.8, 4) is 17.2 Å². The van der Waals surface area contributed by atoms with Crippen LogP contribution in [0.2, 0.25) is 0 Å². The number of hydrogen-bond donors (Lipinski definition) is 1. The molecule has 3 aromatic rings. The van der Waals surface area contributed by atoms with Gasteiger partial charge in [0, 0.05) is 41.8 Å². The molecule has 11 heteroatoms. The first-order valence-electron chi connectivity index (χ1n) is 9.66. The van der Waals surface area contributed by atoms with E-state index in [1.54, 1.807) is 0 Å². The first-order valence-corrected chi connectivity index (χ1v) is 10.1. The van der Waals surface area contributed by atoms with Gasteiger partial charge in [-0.25, -0.2) is 17.6 Å². The molecule has 0 bridgehead atoms. The van der Waals surface area contributed by atoms with Crippen molar-refractivity contribution in [3.05, 3.63) is 59.3 Å². The van der Waals surface area contributed by atoms with E-state index in [1.165, 1.54) is 36.4 Å². The molecule has 1 aromatic heterocycles. The molecule has 0 atom stereocenters. The molecule has 2 heterocycles. The zero-order chi connectivity index (χ0) is 23.9. The van der Waals surface area contributed by atoms with Crippen LogP contribution in [-0.2, 0) is 6.42 Å². The number of nitrogens with zero attached hydrogens (tertiary/aromatic N) is 2. The molecule has 0 aliphatic carbocycles. The fourth-order valence-corrected chi connectivity index (χ4v) is 3.76. The highest BCUT2D eigenvalue weighted by Crippen LogP contribution is 2.34. The predicted octanol–water partition coefficient (Wildman–Crippen LogP) is 4.23. The third-order valence-corrected chi connectivity index (χ3v) is 5.56. The Morgan fingerprint density at radius 1 is 1.18 bits per heavy atom. The molecule has 1 aliphatic heterocycles. The molecule has 2 aromatic carbocycles. The van der Waals surface area contributed by atoms with Crippen molar-refractivity contribution in [3.63, 3.8) is 0 Å². The number of methoxy groups -OCH3 is 1. The van der Waals surface area contributed by atoms with Gasteiger partial charge in [0.15, 0.2) is 0 Å². The fourth-order valence-electron chi connectivity index (χ4n) is 3.48. The molecule has 0 spiro atoms. The van der Waals surface area contributed by atoms with E-state index in [9.17, 15) is 22.4 Å². The van der Waals surface area contributed by atoms with Gasteiger partial charge < -0.3 is 20.1 Å². The monoisotopic (exact) mass is 479 g/mol. The van der Waals surface area contributed by atoms with Crippen molar-refractivity contribution < 1.29 is 31.8 Å². The lowest BCUT2D eigenvalue weighted by Crippen LogP contribution is -2.58. The fraction of sp³-hybridized carbons (Fsp3) is 0.227. The molecule has 0 radical (unpaired) electrons. The van der Waals surface area contributed by atoms with E-state index >= 15 is 0 Å². The lowest BCUT2D eigenvalue weighted by Gasteiger charge is -2.40. The number of pyridine rings is 1. The number of thiocarbonyl (C=S) groups is 1. The second kappa shape index (κ2) is 8.47. The average Bonchev–Trinajstić information content (AvgIpc) is 2.73. The van der Waals surface area contributed by atoms with Gasteiger partial charge in [-0.2, -0.15) is 0 Å². The van der Waals surface area contributed by atoms with Crippen molar-refractivity contribution in [2.75, 3.05) is 20.2 Å². The summed E-state index contributed by atoms with van der Waals surface area (Å²) in [6.45, 7) is -1.13. The summed E-state index contributed by atoms with van der Waals surface area (Å²) >= 11 is 5.05. The molecule has 0 unspecified atom stereocenters. The van der Waals surface area contributed by atoms with Gasteiger partial charge in [-0.05, 0) is 12.1 Å². The van der Waals surface area contributed by atoms with E-state index in [4.69, 9.17) is 27.4 Å². The van der Waals surface area contributed by atoms with Crippen LogP contribution in [0.4, 0.5) is 17.6 Å². The number of hydrogen-bond acceptors (Lipinski definition) is 5. The standard InChI is InChI=1S/C22H17F4N3O3S/c1-31-19-8-17-13(6-14(19)21(27)30)18(2-3-28-17)32-11-4-15(23)12(16(24)5-11)7-20(33)29-9-22(25,26)10-29/h2-6,8H,7,9-10H2,1H3,(H2,27,30). The normalized spacial score (nSPS) is 14.6. The van der Waals surface area contributed by atoms with E-state index < -0.39 is 36.6 Å². The van der Waals surface area contributed by atoms with Gasteiger partial charge in [-0.1, -0.05) is 12.2 Å². The molecule has 0 saturated carbocycles. The molecule has 6 nitrogen and oxygen atoms in total. The minimum Gasteiger partial charge on any atom is -0.496 e. The molecule has 172 valence electrons. The number of rotatable bonds is 6. The molecule has 1 aliphatic rings. The first-order chi connectivity index (χ1) is 15.6. The maximum absolute atomic E-state index is 14.7.